The molecule has 1 heterocycles. The van der Waals surface area contributed by atoms with Crippen molar-refractivity contribution in [3.8, 4) is 0 Å². The second-order valence-electron chi connectivity index (χ2n) is 4.46. The fourth-order valence-electron chi connectivity index (χ4n) is 2.06. The SMILES string of the molecule is O=S1(=O)CCC(NCc2cccc(CO)c2)C1. The van der Waals surface area contributed by atoms with Crippen LogP contribution >= 0.6 is 0 Å². The lowest BCUT2D eigenvalue weighted by molar-refractivity contribution is 0.281. The minimum Gasteiger partial charge on any atom is -0.392 e. The van der Waals surface area contributed by atoms with Crippen LogP contribution in [0.4, 0.5) is 0 Å². The molecule has 0 aromatic heterocycles. The van der Waals surface area contributed by atoms with Crippen LogP contribution in [0.5, 0.6) is 0 Å². The monoisotopic (exact) mass is 255 g/mol. The summed E-state index contributed by atoms with van der Waals surface area (Å²) in [6.07, 6.45) is 0.696. The number of aliphatic hydroxyl groups excluding tert-OH is 1. The first-order chi connectivity index (χ1) is 8.09. The van der Waals surface area contributed by atoms with Gasteiger partial charge < -0.3 is 10.4 Å². The quantitative estimate of drug-likeness (QED) is 0.820. The number of benzene rings is 1. The van der Waals surface area contributed by atoms with Gasteiger partial charge in [-0.25, -0.2) is 8.42 Å². The summed E-state index contributed by atoms with van der Waals surface area (Å²) in [6.45, 7) is 0.680. The van der Waals surface area contributed by atoms with Gasteiger partial charge in [-0.15, -0.1) is 0 Å². The molecule has 1 aliphatic heterocycles. The Morgan fingerprint density at radius 1 is 1.35 bits per heavy atom. The van der Waals surface area contributed by atoms with Crippen LogP contribution in [0.25, 0.3) is 0 Å². The molecule has 0 bridgehead atoms. The second kappa shape index (κ2) is 5.16. The van der Waals surface area contributed by atoms with Crippen molar-refractivity contribution in [2.75, 3.05) is 11.5 Å². The van der Waals surface area contributed by atoms with E-state index in [-0.39, 0.29) is 18.4 Å². The smallest absolute Gasteiger partial charge is 0.151 e. The highest BCUT2D eigenvalue weighted by molar-refractivity contribution is 7.91. The Morgan fingerprint density at radius 3 is 2.76 bits per heavy atom. The Kier molecular flexibility index (Phi) is 3.81. The van der Waals surface area contributed by atoms with Crippen molar-refractivity contribution in [3.63, 3.8) is 0 Å². The maximum Gasteiger partial charge on any atom is 0.151 e. The Labute approximate surface area is 102 Å². The Hall–Kier alpha value is -0.910. The normalized spacial score (nSPS) is 22.8. The van der Waals surface area contributed by atoms with E-state index in [1.807, 2.05) is 24.3 Å². The third kappa shape index (κ3) is 3.52. The zero-order chi connectivity index (χ0) is 12.3. The fraction of sp³-hybridized carbons (Fsp3) is 0.500. The van der Waals surface area contributed by atoms with Gasteiger partial charge in [0.15, 0.2) is 9.84 Å². The van der Waals surface area contributed by atoms with Crippen molar-refractivity contribution in [2.24, 2.45) is 0 Å². The van der Waals surface area contributed by atoms with E-state index in [0.717, 1.165) is 11.1 Å². The van der Waals surface area contributed by atoms with E-state index in [1.165, 1.54) is 0 Å². The molecule has 0 spiro atoms. The fourth-order valence-corrected chi connectivity index (χ4v) is 3.76. The molecule has 1 aliphatic rings. The van der Waals surface area contributed by atoms with Gasteiger partial charge in [0.05, 0.1) is 18.1 Å². The summed E-state index contributed by atoms with van der Waals surface area (Å²) in [5, 5.41) is 12.3. The molecule has 4 nitrogen and oxygen atoms in total. The van der Waals surface area contributed by atoms with Crippen molar-refractivity contribution in [1.29, 1.82) is 0 Å². The van der Waals surface area contributed by atoms with Gasteiger partial charge in [0, 0.05) is 12.6 Å². The first-order valence-electron chi connectivity index (χ1n) is 5.71. The molecule has 17 heavy (non-hydrogen) atoms. The van der Waals surface area contributed by atoms with Crippen LogP contribution in [0.15, 0.2) is 24.3 Å². The topological polar surface area (TPSA) is 66.4 Å². The van der Waals surface area contributed by atoms with E-state index < -0.39 is 9.84 Å². The molecule has 0 aliphatic carbocycles. The first kappa shape index (κ1) is 12.5. The van der Waals surface area contributed by atoms with Gasteiger partial charge >= 0.3 is 0 Å². The van der Waals surface area contributed by atoms with Crippen LogP contribution in [0.2, 0.25) is 0 Å². The summed E-state index contributed by atoms with van der Waals surface area (Å²) in [5.74, 6) is 0.536. The number of aliphatic hydroxyl groups is 1. The molecule has 5 heteroatoms. The average Bonchev–Trinajstić information content (AvgIpc) is 2.67. The van der Waals surface area contributed by atoms with Crippen LogP contribution in [0.3, 0.4) is 0 Å². The molecule has 1 saturated heterocycles. The second-order valence-corrected chi connectivity index (χ2v) is 6.69. The van der Waals surface area contributed by atoms with Crippen molar-refractivity contribution in [1.82, 2.24) is 5.32 Å². The van der Waals surface area contributed by atoms with Crippen LogP contribution in [-0.4, -0.2) is 31.1 Å². The Balaban J connectivity index is 1.90. The van der Waals surface area contributed by atoms with Gasteiger partial charge in [0.2, 0.25) is 0 Å². The highest BCUT2D eigenvalue weighted by Crippen LogP contribution is 2.12. The molecule has 2 rings (SSSR count). The van der Waals surface area contributed by atoms with Crippen LogP contribution in [0, 0.1) is 0 Å². The van der Waals surface area contributed by atoms with E-state index in [1.54, 1.807) is 0 Å². The van der Waals surface area contributed by atoms with E-state index >= 15 is 0 Å². The molecule has 0 radical (unpaired) electrons. The number of sulfone groups is 1. The first-order valence-corrected chi connectivity index (χ1v) is 7.54. The van der Waals surface area contributed by atoms with Gasteiger partial charge in [-0.1, -0.05) is 24.3 Å². The Morgan fingerprint density at radius 2 is 2.12 bits per heavy atom. The van der Waals surface area contributed by atoms with Gasteiger partial charge in [-0.05, 0) is 17.5 Å². The molecule has 0 amide bonds. The molecular weight excluding hydrogens is 238 g/mol. The predicted octanol–water partition coefficient (Wildman–Crippen LogP) is 0.456. The molecule has 1 atom stereocenters. The molecule has 2 N–H and O–H groups in total. The van der Waals surface area contributed by atoms with Crippen LogP contribution < -0.4 is 5.32 Å². The lowest BCUT2D eigenvalue weighted by Crippen LogP contribution is -2.29. The van der Waals surface area contributed by atoms with Gasteiger partial charge in [0.25, 0.3) is 0 Å². The lowest BCUT2D eigenvalue weighted by atomic mass is 10.1. The Bertz CT molecular complexity index is 484. The van der Waals surface area contributed by atoms with Crippen LogP contribution in [0.1, 0.15) is 17.5 Å². The lowest BCUT2D eigenvalue weighted by Gasteiger charge is -2.11. The largest absolute Gasteiger partial charge is 0.392 e. The van der Waals surface area contributed by atoms with E-state index in [0.29, 0.717) is 18.7 Å². The summed E-state index contributed by atoms with van der Waals surface area (Å²) in [6, 6.07) is 7.72. The van der Waals surface area contributed by atoms with E-state index in [4.69, 9.17) is 5.11 Å². The van der Waals surface area contributed by atoms with Crippen molar-refractivity contribution < 1.29 is 13.5 Å². The van der Waals surface area contributed by atoms with E-state index in [9.17, 15) is 8.42 Å². The zero-order valence-electron chi connectivity index (χ0n) is 9.59. The highest BCUT2D eigenvalue weighted by Gasteiger charge is 2.27. The number of hydrogen-bond acceptors (Lipinski definition) is 4. The predicted molar refractivity (Wildman–Crippen MR) is 66.3 cm³/mol. The van der Waals surface area contributed by atoms with Crippen molar-refractivity contribution >= 4 is 9.84 Å². The molecule has 1 unspecified atom stereocenters. The molecule has 1 aromatic rings. The molecule has 94 valence electrons. The van der Waals surface area contributed by atoms with Gasteiger partial charge in [0.1, 0.15) is 0 Å². The number of nitrogens with one attached hydrogen (secondary N) is 1. The average molecular weight is 255 g/mol. The van der Waals surface area contributed by atoms with Gasteiger partial charge in [-0.3, -0.25) is 0 Å². The third-order valence-corrected chi connectivity index (χ3v) is 4.77. The summed E-state index contributed by atoms with van der Waals surface area (Å²) in [5.41, 5.74) is 1.95. The summed E-state index contributed by atoms with van der Waals surface area (Å²) in [7, 11) is -2.82. The highest BCUT2D eigenvalue weighted by atomic mass is 32.2. The molecular formula is C12H17NO3S. The maximum absolute atomic E-state index is 11.3. The van der Waals surface area contributed by atoms with Crippen molar-refractivity contribution in [3.05, 3.63) is 35.4 Å². The number of rotatable bonds is 4. The van der Waals surface area contributed by atoms with E-state index in [2.05, 4.69) is 5.32 Å². The van der Waals surface area contributed by atoms with Crippen molar-refractivity contribution in [2.45, 2.75) is 25.6 Å². The number of hydrogen-bond donors (Lipinski definition) is 2. The summed E-state index contributed by atoms with van der Waals surface area (Å²) >= 11 is 0. The molecule has 0 saturated carbocycles. The molecule has 1 fully saturated rings. The maximum atomic E-state index is 11.3. The summed E-state index contributed by atoms with van der Waals surface area (Å²) < 4.78 is 22.6. The minimum atomic E-state index is -2.82. The van der Waals surface area contributed by atoms with Crippen LogP contribution in [-0.2, 0) is 23.0 Å². The molecule has 1 aromatic carbocycles. The summed E-state index contributed by atoms with van der Waals surface area (Å²) in [4.78, 5) is 0. The zero-order valence-corrected chi connectivity index (χ0v) is 10.4. The standard InChI is InChI=1S/C12H17NO3S/c14-8-11-3-1-2-10(6-11)7-13-12-4-5-17(15,16)9-12/h1-3,6,12-14H,4-5,7-9H2. The van der Waals surface area contributed by atoms with Gasteiger partial charge in [-0.2, -0.15) is 0 Å². The minimum absolute atomic E-state index is 0.0334. The third-order valence-electron chi connectivity index (χ3n) is 3.00.